The number of rotatable bonds is 41. The van der Waals surface area contributed by atoms with E-state index in [4.69, 9.17) is 4.74 Å². The van der Waals surface area contributed by atoms with Gasteiger partial charge in [0.05, 0.1) is 25.2 Å². The Morgan fingerprint density at radius 3 is 1.45 bits per heavy atom. The Morgan fingerprint density at radius 2 is 0.964 bits per heavy atom. The van der Waals surface area contributed by atoms with Gasteiger partial charge in [0.1, 0.15) is 6.10 Å². The second-order valence-corrected chi connectivity index (χ2v) is 15.8. The van der Waals surface area contributed by atoms with E-state index in [0.29, 0.717) is 19.3 Å². The predicted octanol–water partition coefficient (Wildman–Crippen LogP) is 13.7. The number of aliphatic hydroxyl groups is 2. The van der Waals surface area contributed by atoms with Gasteiger partial charge in [0.15, 0.2) is 0 Å². The van der Waals surface area contributed by atoms with E-state index >= 15 is 0 Å². The van der Waals surface area contributed by atoms with E-state index in [1.54, 1.807) is 0 Å². The van der Waals surface area contributed by atoms with E-state index in [2.05, 4.69) is 86.8 Å². The monoisotopic (exact) mass is 784 g/mol. The second-order valence-electron chi connectivity index (χ2n) is 15.8. The van der Waals surface area contributed by atoms with Crippen molar-refractivity contribution in [1.82, 2.24) is 5.32 Å². The zero-order valence-corrected chi connectivity index (χ0v) is 36.8. The molecule has 324 valence electrons. The van der Waals surface area contributed by atoms with Gasteiger partial charge >= 0.3 is 5.97 Å². The molecular weight excluding hydrogens is 695 g/mol. The lowest BCUT2D eigenvalue weighted by molar-refractivity contribution is -0.151. The minimum absolute atomic E-state index is 0.0633. The average Bonchev–Trinajstić information content (AvgIpc) is 3.19. The Morgan fingerprint density at radius 1 is 0.536 bits per heavy atom. The summed E-state index contributed by atoms with van der Waals surface area (Å²) in [7, 11) is 0. The van der Waals surface area contributed by atoms with Crippen LogP contribution in [0.25, 0.3) is 0 Å². The molecule has 0 aromatic carbocycles. The van der Waals surface area contributed by atoms with Gasteiger partial charge in [-0.2, -0.15) is 0 Å². The van der Waals surface area contributed by atoms with Crippen LogP contribution in [0.4, 0.5) is 0 Å². The molecule has 0 radical (unpaired) electrons. The molecule has 6 nitrogen and oxygen atoms in total. The number of aliphatic hydroxyl groups excluding tert-OH is 2. The van der Waals surface area contributed by atoms with Crippen LogP contribution in [0.2, 0.25) is 0 Å². The number of ether oxygens (including phenoxy) is 1. The maximum absolute atomic E-state index is 13.1. The first-order valence-electron chi connectivity index (χ1n) is 23.5. The highest BCUT2D eigenvalue weighted by molar-refractivity contribution is 5.77. The highest BCUT2D eigenvalue weighted by Gasteiger charge is 2.24. The zero-order chi connectivity index (χ0) is 41.0. The number of hydrogen-bond donors (Lipinski definition) is 3. The Hall–Kier alpha value is -2.44. The Labute approximate surface area is 346 Å². The molecule has 0 heterocycles. The topological polar surface area (TPSA) is 95.9 Å². The van der Waals surface area contributed by atoms with Gasteiger partial charge in [-0.3, -0.25) is 9.59 Å². The standard InChI is InChI=1S/C50H89NO5/c1-4-7-10-13-16-19-21-22-23-24-25-26-27-28-29-31-34-37-40-43-50(55)56-46(41-38-35-32-18-15-12-9-6-3)44-49(54)51-47(45-52)48(53)42-39-36-33-30-20-17-14-11-8-5-2/h7,10,16,19,22-23,25-26,28-29,46-48,52-53H,4-6,8-9,11-15,17-18,20-21,24,27,30-45H2,1-3H3,(H,51,54)/b10-7-,19-16-,23-22-,26-25-,29-28-. The van der Waals surface area contributed by atoms with Crippen LogP contribution < -0.4 is 5.32 Å². The van der Waals surface area contributed by atoms with Crippen molar-refractivity contribution in [2.45, 2.75) is 238 Å². The third-order valence-corrected chi connectivity index (χ3v) is 10.4. The Kier molecular flexibility index (Phi) is 41.8. The van der Waals surface area contributed by atoms with Gasteiger partial charge in [-0.25, -0.2) is 0 Å². The van der Waals surface area contributed by atoms with Crippen LogP contribution in [0.15, 0.2) is 60.8 Å². The van der Waals surface area contributed by atoms with Crippen LogP contribution >= 0.6 is 0 Å². The molecular formula is C50H89NO5. The summed E-state index contributed by atoms with van der Waals surface area (Å²) in [6, 6.07) is -0.705. The Balaban J connectivity index is 4.51. The highest BCUT2D eigenvalue weighted by Crippen LogP contribution is 2.17. The summed E-state index contributed by atoms with van der Waals surface area (Å²) in [4.78, 5) is 25.9. The van der Waals surface area contributed by atoms with Crippen molar-refractivity contribution < 1.29 is 24.5 Å². The lowest BCUT2D eigenvalue weighted by Gasteiger charge is -2.24. The van der Waals surface area contributed by atoms with Gasteiger partial charge in [-0.15, -0.1) is 0 Å². The number of allylic oxidation sites excluding steroid dienone is 10. The van der Waals surface area contributed by atoms with Crippen LogP contribution in [0.1, 0.15) is 220 Å². The van der Waals surface area contributed by atoms with E-state index in [-0.39, 0.29) is 24.9 Å². The van der Waals surface area contributed by atoms with E-state index in [0.717, 1.165) is 96.3 Å². The molecule has 3 atom stereocenters. The van der Waals surface area contributed by atoms with Crippen molar-refractivity contribution in [3.8, 4) is 0 Å². The van der Waals surface area contributed by atoms with E-state index in [1.165, 1.54) is 77.0 Å². The summed E-state index contributed by atoms with van der Waals surface area (Å²) in [5.74, 6) is -0.516. The van der Waals surface area contributed by atoms with E-state index in [1.807, 2.05) is 0 Å². The molecule has 0 bridgehead atoms. The minimum Gasteiger partial charge on any atom is -0.462 e. The molecule has 3 unspecified atom stereocenters. The smallest absolute Gasteiger partial charge is 0.306 e. The van der Waals surface area contributed by atoms with Gasteiger partial charge < -0.3 is 20.3 Å². The summed E-state index contributed by atoms with van der Waals surface area (Å²) in [6.45, 7) is 6.31. The number of esters is 1. The van der Waals surface area contributed by atoms with Crippen LogP contribution in [0, 0.1) is 0 Å². The van der Waals surface area contributed by atoms with Gasteiger partial charge in [-0.05, 0) is 70.6 Å². The van der Waals surface area contributed by atoms with Crippen LogP contribution in [-0.4, -0.2) is 46.9 Å². The van der Waals surface area contributed by atoms with Crippen molar-refractivity contribution in [2.24, 2.45) is 0 Å². The molecule has 0 aromatic heterocycles. The van der Waals surface area contributed by atoms with Crippen molar-refractivity contribution in [3.63, 3.8) is 0 Å². The first kappa shape index (κ1) is 53.6. The molecule has 0 saturated carbocycles. The van der Waals surface area contributed by atoms with Crippen LogP contribution in [-0.2, 0) is 14.3 Å². The summed E-state index contributed by atoms with van der Waals surface area (Å²) in [5, 5.41) is 23.6. The van der Waals surface area contributed by atoms with E-state index in [9.17, 15) is 19.8 Å². The van der Waals surface area contributed by atoms with Gasteiger partial charge in [0.25, 0.3) is 0 Å². The van der Waals surface area contributed by atoms with Crippen LogP contribution in [0.3, 0.4) is 0 Å². The van der Waals surface area contributed by atoms with Gasteiger partial charge in [-0.1, -0.05) is 197 Å². The number of carbonyl (C=O) groups is 2. The molecule has 0 rings (SSSR count). The molecule has 0 aliphatic carbocycles. The number of amides is 1. The maximum Gasteiger partial charge on any atom is 0.306 e. The van der Waals surface area contributed by atoms with Crippen molar-refractivity contribution >= 4 is 11.9 Å². The van der Waals surface area contributed by atoms with Crippen molar-refractivity contribution in [2.75, 3.05) is 6.61 Å². The molecule has 0 saturated heterocycles. The number of carbonyl (C=O) groups excluding carboxylic acids is 2. The van der Waals surface area contributed by atoms with Crippen LogP contribution in [0.5, 0.6) is 0 Å². The van der Waals surface area contributed by atoms with Crippen molar-refractivity contribution in [3.05, 3.63) is 60.8 Å². The summed E-state index contributed by atoms with van der Waals surface area (Å²) in [6.07, 6.45) is 52.9. The molecule has 1 amide bonds. The average molecular weight is 784 g/mol. The molecule has 0 aliphatic rings. The summed E-state index contributed by atoms with van der Waals surface area (Å²) < 4.78 is 5.88. The third kappa shape index (κ3) is 38.4. The fraction of sp³-hybridized carbons (Fsp3) is 0.760. The molecule has 56 heavy (non-hydrogen) atoms. The molecule has 3 N–H and O–H groups in total. The maximum atomic E-state index is 13.1. The normalized spacial score (nSPS) is 13.9. The fourth-order valence-corrected chi connectivity index (χ4v) is 6.81. The minimum atomic E-state index is -0.790. The third-order valence-electron chi connectivity index (χ3n) is 10.4. The molecule has 0 spiro atoms. The first-order chi connectivity index (χ1) is 27.5. The van der Waals surface area contributed by atoms with Gasteiger partial charge in [0, 0.05) is 6.42 Å². The quantitative estimate of drug-likeness (QED) is 0.0326. The van der Waals surface area contributed by atoms with Crippen molar-refractivity contribution in [1.29, 1.82) is 0 Å². The lowest BCUT2D eigenvalue weighted by Crippen LogP contribution is -2.46. The molecule has 6 heteroatoms. The molecule has 0 aliphatic heterocycles. The first-order valence-corrected chi connectivity index (χ1v) is 23.5. The summed E-state index contributed by atoms with van der Waals surface area (Å²) >= 11 is 0. The highest BCUT2D eigenvalue weighted by atomic mass is 16.5. The molecule has 0 aromatic rings. The number of hydrogen-bond acceptors (Lipinski definition) is 5. The second kappa shape index (κ2) is 43.7. The lowest BCUT2D eigenvalue weighted by atomic mass is 10.0. The largest absolute Gasteiger partial charge is 0.462 e. The zero-order valence-electron chi connectivity index (χ0n) is 36.8. The summed E-state index contributed by atoms with van der Waals surface area (Å²) in [5.41, 5.74) is 0. The molecule has 0 fully saturated rings. The number of unbranched alkanes of at least 4 members (excludes halogenated alkanes) is 19. The van der Waals surface area contributed by atoms with Gasteiger partial charge in [0.2, 0.25) is 5.91 Å². The predicted molar refractivity (Wildman–Crippen MR) is 241 cm³/mol. The van der Waals surface area contributed by atoms with E-state index < -0.39 is 18.2 Å². The number of nitrogens with one attached hydrogen (secondary N) is 1. The SMILES string of the molecule is CC/C=C\C/C=C\C/C=C\C/C=C\C/C=C\CCCCCC(=O)OC(CCCCCCCCCC)CC(=O)NC(CO)C(O)CCCCCCCCCCCC. The Bertz CT molecular complexity index is 1010. The fourth-order valence-electron chi connectivity index (χ4n) is 6.81.